The summed E-state index contributed by atoms with van der Waals surface area (Å²) in [6.45, 7) is 2.60. The number of rotatable bonds is 4. The number of nitrogens with one attached hydrogen (secondary N) is 2. The van der Waals surface area contributed by atoms with Crippen LogP contribution in [-0.2, 0) is 6.54 Å². The molecule has 7 heteroatoms. The van der Waals surface area contributed by atoms with Gasteiger partial charge in [0.25, 0.3) is 11.5 Å². The Balaban J connectivity index is 1.69. The molecule has 0 aliphatic heterocycles. The van der Waals surface area contributed by atoms with Crippen molar-refractivity contribution in [2.24, 2.45) is 0 Å². The molecule has 0 bridgehead atoms. The number of para-hydroxylation sites is 2. The number of benzene rings is 2. The number of hydrogen-bond acceptors (Lipinski definition) is 4. The second kappa shape index (κ2) is 6.44. The Morgan fingerprint density at radius 2 is 2.00 bits per heavy atom. The van der Waals surface area contributed by atoms with Crippen LogP contribution in [0.4, 0.5) is 0 Å². The molecule has 4 aromatic rings. The molecule has 1 amide bonds. The minimum atomic E-state index is -0.204. The van der Waals surface area contributed by atoms with E-state index in [1.807, 2.05) is 25.1 Å². The summed E-state index contributed by atoms with van der Waals surface area (Å²) in [5.74, 6) is 0.318. The van der Waals surface area contributed by atoms with Gasteiger partial charge in [-0.2, -0.15) is 5.10 Å². The topological polar surface area (TPSA) is 94.7 Å². The maximum absolute atomic E-state index is 13.0. The lowest BCUT2D eigenvalue weighted by atomic mass is 10.1. The highest BCUT2D eigenvalue weighted by Crippen LogP contribution is 2.18. The molecule has 7 nitrogen and oxygen atoms in total. The van der Waals surface area contributed by atoms with E-state index >= 15 is 0 Å². The predicted octanol–water partition coefficient (Wildman–Crippen LogP) is 2.46. The standard InChI is InChI=1S/C19H17N5O2/c1-2-24(19(26)14-8-5-6-12-10-20-23-17(12)14)11-16-21-15-9-4-3-7-13(15)18(25)22-16/h3-10H,2,11H2,1H3,(H,20,23)(H,21,22,25). The van der Waals surface area contributed by atoms with Crippen LogP contribution < -0.4 is 5.56 Å². The van der Waals surface area contributed by atoms with Gasteiger partial charge in [-0.05, 0) is 25.1 Å². The molecular formula is C19H17N5O2. The summed E-state index contributed by atoms with van der Waals surface area (Å²) < 4.78 is 0. The van der Waals surface area contributed by atoms with Crippen molar-refractivity contribution in [2.75, 3.05) is 6.54 Å². The van der Waals surface area contributed by atoms with Crippen molar-refractivity contribution >= 4 is 27.7 Å². The molecule has 2 aromatic carbocycles. The first-order valence-electron chi connectivity index (χ1n) is 8.36. The molecule has 4 rings (SSSR count). The van der Waals surface area contributed by atoms with Gasteiger partial charge in [0.2, 0.25) is 0 Å². The van der Waals surface area contributed by atoms with Crippen LogP contribution in [0.2, 0.25) is 0 Å². The van der Waals surface area contributed by atoms with Crippen molar-refractivity contribution in [3.8, 4) is 0 Å². The average Bonchev–Trinajstić information content (AvgIpc) is 3.14. The van der Waals surface area contributed by atoms with Gasteiger partial charge in [0.1, 0.15) is 5.82 Å². The average molecular weight is 347 g/mol. The molecule has 0 saturated carbocycles. The lowest BCUT2D eigenvalue weighted by molar-refractivity contribution is 0.0750. The summed E-state index contributed by atoms with van der Waals surface area (Å²) in [5.41, 5.74) is 1.66. The minimum absolute atomic E-state index is 0.141. The molecule has 130 valence electrons. The predicted molar refractivity (Wildman–Crippen MR) is 98.9 cm³/mol. The summed E-state index contributed by atoms with van der Waals surface area (Å²) in [5, 5.41) is 8.29. The summed E-state index contributed by atoms with van der Waals surface area (Å²) >= 11 is 0. The highest BCUT2D eigenvalue weighted by atomic mass is 16.2. The molecule has 0 saturated heterocycles. The van der Waals surface area contributed by atoms with Gasteiger partial charge in [-0.25, -0.2) is 4.98 Å². The Kier molecular flexibility index (Phi) is 3.96. The van der Waals surface area contributed by atoms with Crippen molar-refractivity contribution in [1.29, 1.82) is 0 Å². The van der Waals surface area contributed by atoms with Crippen molar-refractivity contribution in [2.45, 2.75) is 13.5 Å². The quantitative estimate of drug-likeness (QED) is 0.593. The summed E-state index contributed by atoms with van der Waals surface area (Å²) in [7, 11) is 0. The fraction of sp³-hybridized carbons (Fsp3) is 0.158. The Bertz CT molecular complexity index is 1160. The number of carbonyl (C=O) groups excluding carboxylic acids is 1. The highest BCUT2D eigenvalue weighted by Gasteiger charge is 2.19. The maximum Gasteiger partial charge on any atom is 0.258 e. The molecule has 0 unspecified atom stereocenters. The normalized spacial score (nSPS) is 11.1. The fourth-order valence-corrected chi connectivity index (χ4v) is 3.04. The SMILES string of the molecule is CCN(Cc1nc2ccccc2c(=O)[nH]1)C(=O)c1cccc2cn[nH]c12. The zero-order chi connectivity index (χ0) is 18.1. The number of fused-ring (bicyclic) bond motifs is 2. The van der Waals surface area contributed by atoms with Crippen LogP contribution in [0.25, 0.3) is 21.8 Å². The molecule has 26 heavy (non-hydrogen) atoms. The number of aromatic amines is 2. The van der Waals surface area contributed by atoms with E-state index in [0.717, 1.165) is 5.39 Å². The molecule has 0 aliphatic rings. The molecule has 0 aliphatic carbocycles. The largest absolute Gasteiger partial charge is 0.331 e. The van der Waals surface area contributed by atoms with Gasteiger partial charge in [0.05, 0.1) is 34.7 Å². The van der Waals surface area contributed by atoms with E-state index < -0.39 is 0 Å². The number of carbonyl (C=O) groups is 1. The van der Waals surface area contributed by atoms with Gasteiger partial charge in [-0.15, -0.1) is 0 Å². The van der Waals surface area contributed by atoms with E-state index in [0.29, 0.717) is 34.4 Å². The maximum atomic E-state index is 13.0. The smallest absolute Gasteiger partial charge is 0.258 e. The Morgan fingerprint density at radius 3 is 2.85 bits per heavy atom. The van der Waals surface area contributed by atoms with Crippen LogP contribution in [0.15, 0.2) is 53.5 Å². The third kappa shape index (κ3) is 2.73. The van der Waals surface area contributed by atoms with E-state index in [1.54, 1.807) is 35.4 Å². The van der Waals surface area contributed by atoms with Gasteiger partial charge in [-0.1, -0.05) is 24.3 Å². The van der Waals surface area contributed by atoms with E-state index in [2.05, 4.69) is 20.2 Å². The third-order valence-electron chi connectivity index (χ3n) is 4.38. The van der Waals surface area contributed by atoms with Crippen LogP contribution in [0.1, 0.15) is 23.1 Å². The van der Waals surface area contributed by atoms with Crippen LogP contribution in [0, 0.1) is 0 Å². The summed E-state index contributed by atoms with van der Waals surface area (Å²) in [6, 6.07) is 12.6. The fourth-order valence-electron chi connectivity index (χ4n) is 3.04. The second-order valence-electron chi connectivity index (χ2n) is 5.99. The first-order valence-corrected chi connectivity index (χ1v) is 8.36. The highest BCUT2D eigenvalue weighted by molar-refractivity contribution is 6.05. The molecule has 0 fully saturated rings. The van der Waals surface area contributed by atoms with E-state index in [-0.39, 0.29) is 18.0 Å². The van der Waals surface area contributed by atoms with E-state index in [9.17, 15) is 9.59 Å². The number of hydrogen-bond donors (Lipinski definition) is 2. The van der Waals surface area contributed by atoms with Gasteiger partial charge in [-0.3, -0.25) is 14.7 Å². The lowest BCUT2D eigenvalue weighted by Gasteiger charge is -2.20. The number of amides is 1. The Hall–Kier alpha value is -3.48. The van der Waals surface area contributed by atoms with E-state index in [1.165, 1.54) is 0 Å². The molecule has 0 spiro atoms. The molecule has 0 atom stereocenters. The minimum Gasteiger partial charge on any atom is -0.331 e. The lowest BCUT2D eigenvalue weighted by Crippen LogP contribution is -2.32. The van der Waals surface area contributed by atoms with Crippen molar-refractivity contribution < 1.29 is 4.79 Å². The Morgan fingerprint density at radius 1 is 1.15 bits per heavy atom. The summed E-state index contributed by atoms with van der Waals surface area (Å²) in [6.07, 6.45) is 1.69. The zero-order valence-corrected chi connectivity index (χ0v) is 14.2. The molecule has 2 heterocycles. The Labute approximate surface area is 148 Å². The van der Waals surface area contributed by atoms with Crippen LogP contribution in [0.5, 0.6) is 0 Å². The van der Waals surface area contributed by atoms with Crippen LogP contribution in [-0.4, -0.2) is 37.5 Å². The molecule has 2 N–H and O–H groups in total. The van der Waals surface area contributed by atoms with Crippen molar-refractivity contribution in [3.05, 3.63) is 70.4 Å². The van der Waals surface area contributed by atoms with E-state index in [4.69, 9.17) is 0 Å². The van der Waals surface area contributed by atoms with Crippen molar-refractivity contribution in [1.82, 2.24) is 25.1 Å². The van der Waals surface area contributed by atoms with Crippen LogP contribution in [0.3, 0.4) is 0 Å². The number of H-pyrrole nitrogens is 2. The molecule has 0 radical (unpaired) electrons. The van der Waals surface area contributed by atoms with Gasteiger partial charge < -0.3 is 9.88 Å². The van der Waals surface area contributed by atoms with Gasteiger partial charge >= 0.3 is 0 Å². The van der Waals surface area contributed by atoms with Gasteiger partial charge in [0, 0.05) is 11.9 Å². The number of aromatic nitrogens is 4. The summed E-state index contributed by atoms with van der Waals surface area (Å²) in [4.78, 5) is 34.1. The first kappa shape index (κ1) is 16.0. The van der Waals surface area contributed by atoms with Gasteiger partial charge in [0.15, 0.2) is 0 Å². The molecule has 2 aromatic heterocycles. The second-order valence-corrected chi connectivity index (χ2v) is 5.99. The monoisotopic (exact) mass is 347 g/mol. The van der Waals surface area contributed by atoms with Crippen molar-refractivity contribution in [3.63, 3.8) is 0 Å². The number of nitrogens with zero attached hydrogens (tertiary/aromatic N) is 3. The zero-order valence-electron chi connectivity index (χ0n) is 14.2. The first-order chi connectivity index (χ1) is 12.7. The third-order valence-corrected chi connectivity index (χ3v) is 4.38. The molecular weight excluding hydrogens is 330 g/mol. The van der Waals surface area contributed by atoms with Crippen LogP contribution >= 0.6 is 0 Å².